The summed E-state index contributed by atoms with van der Waals surface area (Å²) in [6.07, 6.45) is 0. The molecule has 0 bridgehead atoms. The first-order valence-electron chi connectivity index (χ1n) is 8.41. The van der Waals surface area contributed by atoms with E-state index in [1.54, 1.807) is 17.8 Å². The fourth-order valence-corrected chi connectivity index (χ4v) is 4.39. The lowest BCUT2D eigenvalue weighted by Gasteiger charge is -2.19. The highest BCUT2D eigenvalue weighted by molar-refractivity contribution is 7.99. The standard InChI is InChI=1S/C22H18O3S/c1-24-22(23)15-11-12-20-19(13-15)21(26-17-8-3-2-4-9-17)18-10-6-5-7-16(18)14-25-20/h2-13,21H,14H2,1H3. The predicted molar refractivity (Wildman–Crippen MR) is 103 cm³/mol. The fraction of sp³-hybridized carbons (Fsp3) is 0.136. The lowest BCUT2D eigenvalue weighted by atomic mass is 9.98. The van der Waals surface area contributed by atoms with Crippen molar-refractivity contribution in [3.05, 3.63) is 95.1 Å². The molecule has 4 rings (SSSR count). The summed E-state index contributed by atoms with van der Waals surface area (Å²) in [6.45, 7) is 0.520. The summed E-state index contributed by atoms with van der Waals surface area (Å²) < 4.78 is 10.9. The number of benzene rings is 3. The summed E-state index contributed by atoms with van der Waals surface area (Å²) in [7, 11) is 1.40. The lowest BCUT2D eigenvalue weighted by Crippen LogP contribution is -2.04. The van der Waals surface area contributed by atoms with Gasteiger partial charge in [-0.3, -0.25) is 0 Å². The van der Waals surface area contributed by atoms with Gasteiger partial charge in [-0.1, -0.05) is 42.5 Å². The monoisotopic (exact) mass is 362 g/mol. The molecule has 0 amide bonds. The first kappa shape index (κ1) is 16.7. The highest BCUT2D eigenvalue weighted by atomic mass is 32.2. The van der Waals surface area contributed by atoms with Crippen LogP contribution in [0.25, 0.3) is 0 Å². The molecule has 130 valence electrons. The second-order valence-electron chi connectivity index (χ2n) is 6.04. The van der Waals surface area contributed by atoms with Gasteiger partial charge in [0.15, 0.2) is 0 Å². The van der Waals surface area contributed by atoms with Crippen molar-refractivity contribution in [1.29, 1.82) is 0 Å². The number of hydrogen-bond donors (Lipinski definition) is 0. The van der Waals surface area contributed by atoms with Crippen molar-refractivity contribution in [3.63, 3.8) is 0 Å². The van der Waals surface area contributed by atoms with Crippen molar-refractivity contribution in [2.24, 2.45) is 0 Å². The van der Waals surface area contributed by atoms with E-state index in [0.717, 1.165) is 16.9 Å². The van der Waals surface area contributed by atoms with Gasteiger partial charge < -0.3 is 9.47 Å². The van der Waals surface area contributed by atoms with E-state index in [1.807, 2.05) is 42.5 Å². The summed E-state index contributed by atoms with van der Waals surface area (Å²) in [5.74, 6) is 0.469. The van der Waals surface area contributed by atoms with Gasteiger partial charge in [-0.05, 0) is 41.5 Å². The lowest BCUT2D eigenvalue weighted by molar-refractivity contribution is 0.0600. The zero-order valence-corrected chi connectivity index (χ0v) is 15.2. The smallest absolute Gasteiger partial charge is 0.337 e. The second kappa shape index (κ2) is 7.26. The summed E-state index contributed by atoms with van der Waals surface area (Å²) in [5, 5.41) is 0.0377. The molecular weight excluding hydrogens is 344 g/mol. The number of rotatable bonds is 3. The number of hydrogen-bond acceptors (Lipinski definition) is 4. The average Bonchev–Trinajstić information content (AvgIpc) is 2.85. The average molecular weight is 362 g/mol. The minimum absolute atomic E-state index is 0.0377. The molecule has 0 N–H and O–H groups in total. The second-order valence-corrected chi connectivity index (χ2v) is 7.22. The van der Waals surface area contributed by atoms with E-state index in [-0.39, 0.29) is 11.2 Å². The van der Waals surface area contributed by atoms with Crippen molar-refractivity contribution < 1.29 is 14.3 Å². The van der Waals surface area contributed by atoms with Crippen LogP contribution in [0, 0.1) is 0 Å². The molecule has 0 fully saturated rings. The van der Waals surface area contributed by atoms with Crippen LogP contribution in [0.15, 0.2) is 77.7 Å². The van der Waals surface area contributed by atoms with Gasteiger partial charge in [-0.2, -0.15) is 0 Å². The largest absolute Gasteiger partial charge is 0.489 e. The van der Waals surface area contributed by atoms with Crippen LogP contribution in [-0.2, 0) is 11.3 Å². The molecule has 3 aromatic rings. The van der Waals surface area contributed by atoms with E-state index < -0.39 is 0 Å². The number of carbonyl (C=O) groups is 1. The minimum atomic E-state index is -0.339. The maximum absolute atomic E-state index is 12.0. The quantitative estimate of drug-likeness (QED) is 0.596. The van der Waals surface area contributed by atoms with Gasteiger partial charge in [0.1, 0.15) is 12.4 Å². The summed E-state index contributed by atoms with van der Waals surface area (Å²) in [6, 6.07) is 24.1. The van der Waals surface area contributed by atoms with Crippen molar-refractivity contribution in [1.82, 2.24) is 0 Å². The molecule has 1 aliphatic rings. The molecule has 26 heavy (non-hydrogen) atoms. The normalized spacial score (nSPS) is 15.2. The first-order valence-corrected chi connectivity index (χ1v) is 9.29. The van der Waals surface area contributed by atoms with Crippen LogP contribution >= 0.6 is 11.8 Å². The summed E-state index contributed by atoms with van der Waals surface area (Å²) in [5.41, 5.74) is 3.90. The van der Waals surface area contributed by atoms with Crippen LogP contribution in [0.4, 0.5) is 0 Å². The topological polar surface area (TPSA) is 35.5 Å². The van der Waals surface area contributed by atoms with E-state index in [2.05, 4.69) is 24.3 Å². The molecule has 4 heteroatoms. The van der Waals surface area contributed by atoms with Gasteiger partial charge in [0, 0.05) is 10.5 Å². The van der Waals surface area contributed by atoms with E-state index in [0.29, 0.717) is 12.2 Å². The van der Waals surface area contributed by atoms with Crippen molar-refractivity contribution in [3.8, 4) is 5.75 Å². The predicted octanol–water partition coefficient (Wildman–Crippen LogP) is 5.25. The third-order valence-electron chi connectivity index (χ3n) is 4.43. The SMILES string of the molecule is COC(=O)c1ccc2c(c1)C(Sc1ccccc1)c1ccccc1CO2. The molecule has 0 aliphatic carbocycles. The molecule has 1 atom stereocenters. The number of fused-ring (bicyclic) bond motifs is 2. The van der Waals surface area contributed by atoms with Crippen molar-refractivity contribution >= 4 is 17.7 Å². The number of esters is 1. The summed E-state index contributed by atoms with van der Waals surface area (Å²) in [4.78, 5) is 13.2. The molecule has 0 aromatic heterocycles. The molecule has 0 spiro atoms. The van der Waals surface area contributed by atoms with E-state index >= 15 is 0 Å². The number of ether oxygens (including phenoxy) is 2. The molecule has 1 aliphatic heterocycles. The van der Waals surface area contributed by atoms with Crippen molar-refractivity contribution in [2.45, 2.75) is 16.8 Å². The van der Waals surface area contributed by atoms with Gasteiger partial charge in [0.2, 0.25) is 0 Å². The maximum Gasteiger partial charge on any atom is 0.337 e. The maximum atomic E-state index is 12.0. The molecule has 1 heterocycles. The first-order chi connectivity index (χ1) is 12.8. The van der Waals surface area contributed by atoms with Crippen molar-refractivity contribution in [2.75, 3.05) is 7.11 Å². The molecule has 0 saturated heterocycles. The zero-order valence-electron chi connectivity index (χ0n) is 14.3. The van der Waals surface area contributed by atoms with Crippen LogP contribution in [0.1, 0.15) is 32.3 Å². The fourth-order valence-electron chi connectivity index (χ4n) is 3.14. The number of thioether (sulfide) groups is 1. The Kier molecular flexibility index (Phi) is 4.67. The van der Waals surface area contributed by atoms with Crippen LogP contribution in [-0.4, -0.2) is 13.1 Å². The Morgan fingerprint density at radius 3 is 2.58 bits per heavy atom. The minimum Gasteiger partial charge on any atom is -0.489 e. The number of methoxy groups -OCH3 is 1. The van der Waals surface area contributed by atoms with Crippen LogP contribution in [0.2, 0.25) is 0 Å². The van der Waals surface area contributed by atoms with Crippen LogP contribution < -0.4 is 4.74 Å². The van der Waals surface area contributed by atoms with Gasteiger partial charge >= 0.3 is 5.97 Å². The Balaban J connectivity index is 1.85. The highest BCUT2D eigenvalue weighted by Crippen LogP contribution is 2.47. The molecule has 0 radical (unpaired) electrons. The Morgan fingerprint density at radius 2 is 1.77 bits per heavy atom. The van der Waals surface area contributed by atoms with Gasteiger partial charge in [0.25, 0.3) is 0 Å². The molecule has 0 saturated carbocycles. The van der Waals surface area contributed by atoms with E-state index in [4.69, 9.17) is 9.47 Å². The molecule has 3 aromatic carbocycles. The Hall–Kier alpha value is -2.72. The van der Waals surface area contributed by atoms with Gasteiger partial charge in [0.05, 0.1) is 17.9 Å². The summed E-state index contributed by atoms with van der Waals surface area (Å²) >= 11 is 1.76. The van der Waals surface area contributed by atoms with Crippen LogP contribution in [0.5, 0.6) is 5.75 Å². The Labute approximate surface area is 157 Å². The van der Waals surface area contributed by atoms with E-state index in [9.17, 15) is 4.79 Å². The Morgan fingerprint density at radius 1 is 1.00 bits per heavy atom. The highest BCUT2D eigenvalue weighted by Gasteiger charge is 2.26. The molecule has 1 unspecified atom stereocenters. The molecule has 3 nitrogen and oxygen atoms in total. The number of carbonyl (C=O) groups excluding carboxylic acids is 1. The Bertz CT molecular complexity index is 937. The van der Waals surface area contributed by atoms with Crippen LogP contribution in [0.3, 0.4) is 0 Å². The van der Waals surface area contributed by atoms with E-state index in [1.165, 1.54) is 17.6 Å². The third-order valence-corrected chi connectivity index (χ3v) is 5.72. The third kappa shape index (κ3) is 3.20. The molecular formula is C22H18O3S. The zero-order chi connectivity index (χ0) is 17.9. The van der Waals surface area contributed by atoms with Gasteiger partial charge in [-0.15, -0.1) is 11.8 Å². The van der Waals surface area contributed by atoms with Gasteiger partial charge in [-0.25, -0.2) is 4.79 Å².